The fourth-order valence-electron chi connectivity index (χ4n) is 2.79. The van der Waals surface area contributed by atoms with Gasteiger partial charge in [-0.15, -0.1) is 0 Å². The lowest BCUT2D eigenvalue weighted by Crippen LogP contribution is -2.52. The molecule has 1 aliphatic rings. The summed E-state index contributed by atoms with van der Waals surface area (Å²) in [6.07, 6.45) is 3.73. The van der Waals surface area contributed by atoms with Crippen LogP contribution in [-0.2, 0) is 0 Å². The van der Waals surface area contributed by atoms with Crippen LogP contribution in [0.2, 0.25) is 0 Å². The van der Waals surface area contributed by atoms with Gasteiger partial charge in [-0.1, -0.05) is 18.2 Å². The zero-order chi connectivity index (χ0) is 16.4. The van der Waals surface area contributed by atoms with Crippen LogP contribution in [0.5, 0.6) is 0 Å². The van der Waals surface area contributed by atoms with Crippen LogP contribution in [0, 0.1) is 12.8 Å². The Labute approximate surface area is 135 Å². The second-order valence-electron chi connectivity index (χ2n) is 6.34. The molecular formula is C17H22N4O2. The third-order valence-corrected chi connectivity index (χ3v) is 4.43. The number of rotatable bonds is 5. The Balaban J connectivity index is 1.75. The first-order chi connectivity index (χ1) is 11.0. The molecule has 1 aromatic heterocycles. The first-order valence-corrected chi connectivity index (χ1v) is 7.83. The number of nitrogens with zero attached hydrogens (tertiary/aromatic N) is 2. The molecule has 1 aromatic carbocycles. The van der Waals surface area contributed by atoms with Crippen molar-refractivity contribution >= 4 is 11.8 Å². The van der Waals surface area contributed by atoms with E-state index in [1.54, 1.807) is 16.9 Å². The van der Waals surface area contributed by atoms with Crippen molar-refractivity contribution in [3.05, 3.63) is 42.1 Å². The summed E-state index contributed by atoms with van der Waals surface area (Å²) in [5.74, 6) is 0.937. The molecule has 0 radical (unpaired) electrons. The number of urea groups is 1. The Morgan fingerprint density at radius 1 is 1.39 bits per heavy atom. The molecule has 2 aromatic rings. The molecule has 122 valence electrons. The Morgan fingerprint density at radius 3 is 2.78 bits per heavy atom. The fraction of sp³-hybridized carbons (Fsp3) is 0.412. The molecule has 6 nitrogen and oxygen atoms in total. The zero-order valence-corrected chi connectivity index (χ0v) is 13.4. The lowest BCUT2D eigenvalue weighted by Gasteiger charge is -2.28. The summed E-state index contributed by atoms with van der Waals surface area (Å²) < 4.78 is 1.70. The summed E-state index contributed by atoms with van der Waals surface area (Å²) in [5.41, 5.74) is 1.41. The summed E-state index contributed by atoms with van der Waals surface area (Å²) in [7, 11) is 0. The minimum Gasteiger partial charge on any atom is -0.394 e. The Hall–Kier alpha value is -2.34. The van der Waals surface area contributed by atoms with Crippen LogP contribution < -0.4 is 10.6 Å². The highest BCUT2D eigenvalue weighted by Gasteiger charge is 2.42. The average Bonchev–Trinajstić information content (AvgIpc) is 3.30. The van der Waals surface area contributed by atoms with Crippen LogP contribution in [0.3, 0.4) is 0 Å². The number of benzene rings is 1. The van der Waals surface area contributed by atoms with E-state index in [0.717, 1.165) is 24.1 Å². The van der Waals surface area contributed by atoms with Crippen molar-refractivity contribution in [1.82, 2.24) is 15.1 Å². The molecule has 1 heterocycles. The smallest absolute Gasteiger partial charge is 0.320 e. The van der Waals surface area contributed by atoms with Crippen molar-refractivity contribution < 1.29 is 9.90 Å². The number of aryl methyl sites for hydroxylation is 1. The molecule has 1 unspecified atom stereocenters. The summed E-state index contributed by atoms with van der Waals surface area (Å²) >= 11 is 0. The molecule has 1 saturated carbocycles. The predicted molar refractivity (Wildman–Crippen MR) is 88.7 cm³/mol. The van der Waals surface area contributed by atoms with Gasteiger partial charge in [0.1, 0.15) is 5.82 Å². The van der Waals surface area contributed by atoms with Crippen molar-refractivity contribution in [2.24, 2.45) is 5.92 Å². The molecule has 1 fully saturated rings. The molecule has 0 saturated heterocycles. The monoisotopic (exact) mass is 314 g/mol. The largest absolute Gasteiger partial charge is 0.394 e. The highest BCUT2D eigenvalue weighted by molar-refractivity contribution is 5.89. The van der Waals surface area contributed by atoms with Crippen molar-refractivity contribution in [2.75, 3.05) is 11.9 Å². The van der Waals surface area contributed by atoms with Gasteiger partial charge < -0.3 is 10.4 Å². The molecule has 3 rings (SSSR count). The van der Waals surface area contributed by atoms with Gasteiger partial charge in [-0.25, -0.2) is 9.48 Å². The molecule has 0 spiro atoms. The maximum atomic E-state index is 12.3. The van der Waals surface area contributed by atoms with E-state index in [9.17, 15) is 9.90 Å². The summed E-state index contributed by atoms with van der Waals surface area (Å²) in [6.45, 7) is 3.81. The maximum absolute atomic E-state index is 12.3. The molecule has 23 heavy (non-hydrogen) atoms. The molecular weight excluding hydrogens is 292 g/mol. The van der Waals surface area contributed by atoms with Crippen molar-refractivity contribution in [3.63, 3.8) is 0 Å². The number of amides is 2. The SMILES string of the molecule is Cc1ccccc1-n1nccc1NC(=O)NC(C)(CO)C1CC1. The van der Waals surface area contributed by atoms with Gasteiger partial charge in [-0.05, 0) is 44.2 Å². The number of aromatic nitrogens is 2. The van der Waals surface area contributed by atoms with Crippen LogP contribution in [0.4, 0.5) is 10.6 Å². The first-order valence-electron chi connectivity index (χ1n) is 7.83. The van der Waals surface area contributed by atoms with Crippen molar-refractivity contribution in [2.45, 2.75) is 32.2 Å². The molecule has 2 amide bonds. The van der Waals surface area contributed by atoms with E-state index in [-0.39, 0.29) is 12.6 Å². The normalized spacial score (nSPS) is 16.7. The number of aliphatic hydroxyl groups is 1. The van der Waals surface area contributed by atoms with E-state index in [4.69, 9.17) is 0 Å². The van der Waals surface area contributed by atoms with E-state index in [1.165, 1.54) is 0 Å². The minimum absolute atomic E-state index is 0.0673. The van der Waals surface area contributed by atoms with Crippen molar-refractivity contribution in [3.8, 4) is 5.69 Å². The second-order valence-corrected chi connectivity index (χ2v) is 6.34. The van der Waals surface area contributed by atoms with Gasteiger partial charge in [0.25, 0.3) is 0 Å². The van der Waals surface area contributed by atoms with E-state index < -0.39 is 5.54 Å². The third kappa shape index (κ3) is 3.22. The molecule has 1 atom stereocenters. The van der Waals surface area contributed by atoms with E-state index in [2.05, 4.69) is 15.7 Å². The molecule has 0 bridgehead atoms. The Kier molecular flexibility index (Phi) is 4.09. The Bertz CT molecular complexity index is 708. The van der Waals surface area contributed by atoms with Gasteiger partial charge in [0.2, 0.25) is 0 Å². The second kappa shape index (κ2) is 6.04. The van der Waals surface area contributed by atoms with E-state index in [1.807, 2.05) is 38.1 Å². The van der Waals surface area contributed by atoms with Crippen LogP contribution >= 0.6 is 0 Å². The zero-order valence-electron chi connectivity index (χ0n) is 13.4. The molecule has 0 aliphatic heterocycles. The number of carbonyl (C=O) groups excluding carboxylic acids is 1. The predicted octanol–water partition coefficient (Wildman–Crippen LogP) is 2.46. The van der Waals surface area contributed by atoms with E-state index >= 15 is 0 Å². The third-order valence-electron chi connectivity index (χ3n) is 4.43. The highest BCUT2D eigenvalue weighted by atomic mass is 16.3. The van der Waals surface area contributed by atoms with Crippen LogP contribution in [0.1, 0.15) is 25.3 Å². The van der Waals surface area contributed by atoms with E-state index in [0.29, 0.717) is 11.7 Å². The van der Waals surface area contributed by atoms with Gasteiger partial charge in [0.15, 0.2) is 0 Å². The van der Waals surface area contributed by atoms with Gasteiger partial charge >= 0.3 is 6.03 Å². The minimum atomic E-state index is -0.572. The van der Waals surface area contributed by atoms with Crippen LogP contribution in [-0.4, -0.2) is 33.1 Å². The summed E-state index contributed by atoms with van der Waals surface area (Å²) in [6, 6.07) is 9.27. The number of carbonyl (C=O) groups is 1. The molecule has 1 aliphatic carbocycles. The van der Waals surface area contributed by atoms with Crippen LogP contribution in [0.25, 0.3) is 5.69 Å². The number of hydrogen-bond donors (Lipinski definition) is 3. The lowest BCUT2D eigenvalue weighted by molar-refractivity contribution is 0.159. The number of nitrogens with one attached hydrogen (secondary N) is 2. The summed E-state index contributed by atoms with van der Waals surface area (Å²) in [5, 5.41) is 19.6. The van der Waals surface area contributed by atoms with Crippen molar-refractivity contribution in [1.29, 1.82) is 0 Å². The number of anilines is 1. The number of para-hydroxylation sites is 1. The topological polar surface area (TPSA) is 79.2 Å². The number of aliphatic hydroxyl groups excluding tert-OH is 1. The van der Waals surface area contributed by atoms with Crippen LogP contribution in [0.15, 0.2) is 36.5 Å². The maximum Gasteiger partial charge on any atom is 0.320 e. The standard InChI is InChI=1S/C17H22N4O2/c1-12-5-3-4-6-14(12)21-15(9-10-18-21)19-16(23)20-17(2,11-22)13-7-8-13/h3-6,9-10,13,22H,7-8,11H2,1-2H3,(H2,19,20,23). The van der Waals surface area contributed by atoms with Gasteiger partial charge in [0.05, 0.1) is 24.0 Å². The van der Waals surface area contributed by atoms with Gasteiger partial charge in [-0.2, -0.15) is 5.10 Å². The number of hydrogen-bond acceptors (Lipinski definition) is 3. The molecule has 6 heteroatoms. The average molecular weight is 314 g/mol. The fourth-order valence-corrected chi connectivity index (χ4v) is 2.79. The molecule has 3 N–H and O–H groups in total. The highest BCUT2D eigenvalue weighted by Crippen LogP contribution is 2.39. The summed E-state index contributed by atoms with van der Waals surface area (Å²) in [4.78, 5) is 12.3. The Morgan fingerprint density at radius 2 is 2.13 bits per heavy atom. The van der Waals surface area contributed by atoms with Gasteiger partial charge in [-0.3, -0.25) is 5.32 Å². The first kappa shape index (κ1) is 15.6. The quantitative estimate of drug-likeness (QED) is 0.793. The van der Waals surface area contributed by atoms with Gasteiger partial charge in [0, 0.05) is 6.07 Å². The lowest BCUT2D eigenvalue weighted by atomic mass is 9.97.